The standard InChI is InChI=1S/C14H13FOS.C14H2.FHO.H2S.5H2/c1-16-13-4-2-3-10(8-13)7-11-9-12(15)5-6-14(11)17;1-3-5-7-9-11-13-14-12-10-8-6-4-2;1-2;;;;;;/h2-6,8-9,17H,7H2,1H3;1-2H;2H;1H2;5*1H. The van der Waals surface area contributed by atoms with Gasteiger partial charge in [0.05, 0.1) is 7.11 Å². The van der Waals surface area contributed by atoms with Crippen molar-refractivity contribution in [3.63, 3.8) is 0 Å². The summed E-state index contributed by atoms with van der Waals surface area (Å²) >= 11 is 4.33. The highest BCUT2D eigenvalue weighted by molar-refractivity contribution is 7.80. The number of hydrogen-bond acceptors (Lipinski definition) is 3. The molecule has 0 aromatic heterocycles. The molecule has 0 bridgehead atoms. The summed E-state index contributed by atoms with van der Waals surface area (Å²) in [4.78, 5) is 0.800. The van der Waals surface area contributed by atoms with Gasteiger partial charge in [-0.3, -0.25) is 0 Å². The van der Waals surface area contributed by atoms with E-state index in [-0.39, 0.29) is 26.4 Å². The number of methoxy groups -OCH3 is 1. The van der Waals surface area contributed by atoms with Crippen LogP contribution in [0.5, 0.6) is 5.75 Å². The van der Waals surface area contributed by atoms with E-state index >= 15 is 0 Å². The second kappa shape index (κ2) is 21.9. The molecule has 0 amide bonds. The maximum absolute atomic E-state index is 13.1. The highest BCUT2D eigenvalue weighted by Gasteiger charge is 2.03. The van der Waals surface area contributed by atoms with E-state index in [0.717, 1.165) is 21.8 Å². The predicted octanol–water partition coefficient (Wildman–Crippen LogP) is 5.19. The van der Waals surface area contributed by atoms with Crippen LogP contribution < -0.4 is 4.74 Å². The van der Waals surface area contributed by atoms with Crippen LogP contribution in [0.25, 0.3) is 0 Å². The zero-order valence-corrected chi connectivity index (χ0v) is 19.9. The van der Waals surface area contributed by atoms with Gasteiger partial charge in [-0.1, -0.05) is 16.7 Å². The lowest BCUT2D eigenvalue weighted by Crippen LogP contribution is -1.92. The van der Waals surface area contributed by atoms with Gasteiger partial charge >= 0.3 is 0 Å². The Kier molecular flexibility index (Phi) is 20.5. The van der Waals surface area contributed by atoms with Crippen molar-refractivity contribution in [3.8, 4) is 89.6 Å². The Hall–Kier alpha value is -4.32. The van der Waals surface area contributed by atoms with Crippen molar-refractivity contribution in [2.24, 2.45) is 0 Å². The smallest absolute Gasteiger partial charge is 0.123 e. The summed E-state index contributed by atoms with van der Waals surface area (Å²) in [5.41, 5.74) is 1.95. The van der Waals surface area contributed by atoms with E-state index < -0.39 is 0 Å². The summed E-state index contributed by atoms with van der Waals surface area (Å²) in [6.45, 7) is 0. The van der Waals surface area contributed by atoms with Crippen molar-refractivity contribution < 1.29 is 26.1 Å². The van der Waals surface area contributed by atoms with Crippen molar-refractivity contribution in [1.29, 1.82) is 0 Å². The summed E-state index contributed by atoms with van der Waals surface area (Å²) in [6.07, 6.45) is 10.4. The monoisotopic (exact) mass is 498 g/mol. The molecule has 2 nitrogen and oxygen atoms in total. The Morgan fingerprint density at radius 3 is 1.82 bits per heavy atom. The SMILES string of the molecule is C#CC#CC#CC#CC#CC#CC#C.COc1cccc(Cc2cc(F)ccc2S)c1.OF.S.[HH].[HH].[HH].[HH].[HH]. The van der Waals surface area contributed by atoms with Crippen LogP contribution in [-0.2, 0) is 6.42 Å². The van der Waals surface area contributed by atoms with Crippen LogP contribution >= 0.6 is 26.1 Å². The fraction of sp³-hybridized carbons (Fsp3) is 0.0714. The molecule has 0 aliphatic carbocycles. The normalized spacial score (nSPS) is 6.79. The number of rotatable bonds is 3. The summed E-state index contributed by atoms with van der Waals surface area (Å²) < 4.78 is 26.8. The van der Waals surface area contributed by atoms with Crippen LogP contribution in [0.15, 0.2) is 47.4 Å². The van der Waals surface area contributed by atoms with Crippen LogP contribution in [0.4, 0.5) is 8.92 Å². The van der Waals surface area contributed by atoms with E-state index in [1.165, 1.54) is 12.1 Å². The first-order valence-electron chi connectivity index (χ1n) is 8.79. The number of hydrogen-bond donors (Lipinski definition) is 2. The third-order valence-corrected chi connectivity index (χ3v) is 3.71. The van der Waals surface area contributed by atoms with Gasteiger partial charge in [-0.2, -0.15) is 13.5 Å². The zero-order chi connectivity index (χ0) is 24.7. The van der Waals surface area contributed by atoms with E-state index in [9.17, 15) is 4.39 Å². The Balaban J connectivity index is -0.0000000874. The minimum Gasteiger partial charge on any atom is -0.497 e. The number of terminal acetylenes is 2. The first-order chi connectivity index (χ1) is 16.1. The molecular formula is C28H28F2O2S2. The molecular weight excluding hydrogens is 470 g/mol. The van der Waals surface area contributed by atoms with E-state index in [2.05, 4.69) is 83.7 Å². The molecule has 0 atom stereocenters. The van der Waals surface area contributed by atoms with Gasteiger partial charge in [0.25, 0.3) is 0 Å². The Bertz CT molecular complexity index is 1290. The molecule has 1 N–H and O–H groups in total. The zero-order valence-electron chi connectivity index (χ0n) is 18.0. The molecule has 178 valence electrons. The lowest BCUT2D eigenvalue weighted by Gasteiger charge is -2.07. The molecule has 0 fully saturated rings. The van der Waals surface area contributed by atoms with Gasteiger partial charge in [-0.05, 0) is 119 Å². The molecule has 0 saturated carbocycles. The highest BCUT2D eigenvalue weighted by atomic mass is 32.1. The lowest BCUT2D eigenvalue weighted by molar-refractivity contribution is -0.0441. The van der Waals surface area contributed by atoms with Gasteiger partial charge < -0.3 is 4.74 Å². The van der Waals surface area contributed by atoms with E-state index in [4.69, 9.17) is 27.4 Å². The molecule has 0 saturated heterocycles. The van der Waals surface area contributed by atoms with E-state index in [1.54, 1.807) is 13.2 Å². The second-order valence-electron chi connectivity index (χ2n) is 5.34. The number of halogens is 2. The average Bonchev–Trinajstić information content (AvgIpc) is 2.84. The molecule has 0 spiro atoms. The van der Waals surface area contributed by atoms with Gasteiger partial charge in [0.15, 0.2) is 0 Å². The third-order valence-electron chi connectivity index (χ3n) is 3.28. The fourth-order valence-corrected chi connectivity index (χ4v) is 2.24. The molecule has 2 aromatic carbocycles. The number of ether oxygens (including phenoxy) is 1. The third kappa shape index (κ3) is 15.5. The van der Waals surface area contributed by atoms with Crippen LogP contribution in [0.2, 0.25) is 0 Å². The van der Waals surface area contributed by atoms with Crippen LogP contribution in [-0.4, -0.2) is 12.4 Å². The van der Waals surface area contributed by atoms with Crippen molar-refractivity contribution in [3.05, 3.63) is 59.4 Å². The molecule has 0 unspecified atom stereocenters. The molecule has 0 heterocycles. The molecule has 6 heteroatoms. The molecule has 0 aliphatic heterocycles. The highest BCUT2D eigenvalue weighted by Crippen LogP contribution is 2.21. The van der Waals surface area contributed by atoms with Crippen LogP contribution in [0.1, 0.15) is 18.3 Å². The summed E-state index contributed by atoms with van der Waals surface area (Å²) in [6, 6.07) is 12.3. The number of thiol groups is 1. The lowest BCUT2D eigenvalue weighted by atomic mass is 10.0. The van der Waals surface area contributed by atoms with Crippen LogP contribution in [0, 0.1) is 89.7 Å². The maximum Gasteiger partial charge on any atom is 0.123 e. The Labute approximate surface area is 219 Å². The largest absolute Gasteiger partial charge is 0.497 e. The molecule has 34 heavy (non-hydrogen) atoms. The van der Waals surface area contributed by atoms with Gasteiger partial charge in [-0.25, -0.2) is 9.70 Å². The van der Waals surface area contributed by atoms with Crippen molar-refractivity contribution in [2.75, 3.05) is 7.11 Å². The van der Waals surface area contributed by atoms with Crippen molar-refractivity contribution in [1.82, 2.24) is 0 Å². The van der Waals surface area contributed by atoms with Gasteiger partial charge in [0.2, 0.25) is 0 Å². The first kappa shape index (κ1) is 31.9. The maximum atomic E-state index is 13.1. The van der Waals surface area contributed by atoms with Crippen molar-refractivity contribution >= 4 is 26.1 Å². The van der Waals surface area contributed by atoms with Gasteiger partial charge in [0.1, 0.15) is 11.6 Å². The quantitative estimate of drug-likeness (QED) is 0.451. The Morgan fingerprint density at radius 2 is 1.35 bits per heavy atom. The minimum atomic E-state index is -0.235. The summed E-state index contributed by atoms with van der Waals surface area (Å²) in [5.74, 6) is 28.9. The number of benzene rings is 2. The molecule has 2 aromatic rings. The predicted molar refractivity (Wildman–Crippen MR) is 150 cm³/mol. The van der Waals surface area contributed by atoms with Crippen molar-refractivity contribution in [2.45, 2.75) is 11.3 Å². The molecule has 0 aliphatic rings. The Morgan fingerprint density at radius 1 is 0.853 bits per heavy atom. The topological polar surface area (TPSA) is 29.5 Å². The van der Waals surface area contributed by atoms with Gasteiger partial charge in [-0.15, -0.1) is 25.5 Å². The molecule has 0 radical (unpaired) electrons. The molecule has 2 rings (SSSR count). The fourth-order valence-electron chi connectivity index (χ4n) is 2.02. The van der Waals surface area contributed by atoms with Crippen LogP contribution in [0.3, 0.4) is 0 Å². The van der Waals surface area contributed by atoms with Gasteiger partial charge in [0, 0.05) is 12.0 Å². The van der Waals surface area contributed by atoms with E-state index in [1.807, 2.05) is 24.3 Å². The minimum absolute atomic E-state index is 0. The van der Waals surface area contributed by atoms with E-state index in [0.29, 0.717) is 6.42 Å². The second-order valence-corrected chi connectivity index (χ2v) is 5.82. The summed E-state index contributed by atoms with van der Waals surface area (Å²) in [5, 5.41) is 5.50. The average molecular weight is 499 g/mol. The summed E-state index contributed by atoms with van der Waals surface area (Å²) in [7, 11) is 1.63. The first-order valence-corrected chi connectivity index (χ1v) is 9.24.